The Labute approximate surface area is 190 Å². The summed E-state index contributed by atoms with van der Waals surface area (Å²) in [6.45, 7) is 8.32. The van der Waals surface area contributed by atoms with E-state index in [0.717, 1.165) is 52.6 Å². The third-order valence-corrected chi connectivity index (χ3v) is 7.34. The van der Waals surface area contributed by atoms with E-state index < -0.39 is 8.07 Å². The Bertz CT molecular complexity index is 1170. The van der Waals surface area contributed by atoms with Crippen molar-refractivity contribution in [3.05, 3.63) is 83.8 Å². The second kappa shape index (κ2) is 9.77. The Morgan fingerprint density at radius 2 is 1.69 bits per heavy atom. The molecule has 0 aliphatic carbocycles. The van der Waals surface area contributed by atoms with Crippen LogP contribution in [0.4, 0.5) is 0 Å². The van der Waals surface area contributed by atoms with E-state index in [2.05, 4.69) is 64.5 Å². The molecule has 0 bridgehead atoms. The van der Waals surface area contributed by atoms with Crippen molar-refractivity contribution in [3.63, 3.8) is 0 Å². The predicted molar refractivity (Wildman–Crippen MR) is 132 cm³/mol. The smallest absolute Gasteiger partial charge is 0.145 e. The van der Waals surface area contributed by atoms with Crippen LogP contribution in [-0.2, 0) is 24.5 Å². The van der Waals surface area contributed by atoms with Crippen molar-refractivity contribution >= 4 is 19.1 Å². The molecule has 0 radical (unpaired) electrons. The van der Waals surface area contributed by atoms with Gasteiger partial charge in [0.25, 0.3) is 0 Å². The molecule has 166 valence electrons. The molecule has 0 saturated carbocycles. The van der Waals surface area contributed by atoms with Crippen LogP contribution in [0, 0.1) is 0 Å². The number of fused-ring (bicyclic) bond motifs is 1. The van der Waals surface area contributed by atoms with E-state index in [-0.39, 0.29) is 6.61 Å². The highest BCUT2D eigenvalue weighted by Crippen LogP contribution is 2.30. The summed E-state index contributed by atoms with van der Waals surface area (Å²) in [6.07, 6.45) is 2.40. The topological polar surface area (TPSA) is 60.2 Å². The fourth-order valence-electron chi connectivity index (χ4n) is 3.73. The van der Waals surface area contributed by atoms with E-state index >= 15 is 0 Å². The average Bonchev–Trinajstić information content (AvgIpc) is 3.16. The normalized spacial score (nSPS) is 11.9. The summed E-state index contributed by atoms with van der Waals surface area (Å²) in [7, 11) is -1.16. The molecule has 4 aromatic rings. The standard InChI is InChI=1S/C26H31N3O2Si/c1-32(2,3)14-13-31-19-29-25(22-11-9-21(17-30)10-12-22)16-23-24(27-18-28-26(23)29)15-20-7-5-4-6-8-20/h4-12,16,18,30H,13-15,17,19H2,1-3H3. The van der Waals surface area contributed by atoms with Crippen LogP contribution in [0.3, 0.4) is 0 Å². The number of hydrogen-bond acceptors (Lipinski definition) is 4. The fraction of sp³-hybridized carbons (Fsp3) is 0.308. The third-order valence-electron chi connectivity index (χ3n) is 5.64. The highest BCUT2D eigenvalue weighted by Gasteiger charge is 2.17. The van der Waals surface area contributed by atoms with Gasteiger partial charge in [-0.05, 0) is 28.8 Å². The van der Waals surface area contributed by atoms with Gasteiger partial charge in [0.15, 0.2) is 0 Å². The van der Waals surface area contributed by atoms with Crippen LogP contribution in [0.1, 0.15) is 16.8 Å². The number of aromatic nitrogens is 3. The van der Waals surface area contributed by atoms with Gasteiger partial charge in [-0.15, -0.1) is 0 Å². The lowest BCUT2D eigenvalue weighted by atomic mass is 10.1. The first kappa shape index (κ1) is 22.4. The van der Waals surface area contributed by atoms with Crippen LogP contribution in [-0.4, -0.2) is 34.3 Å². The molecule has 0 unspecified atom stereocenters. The zero-order valence-corrected chi connectivity index (χ0v) is 20.1. The number of nitrogens with zero attached hydrogens (tertiary/aromatic N) is 3. The van der Waals surface area contributed by atoms with Gasteiger partial charge in [-0.3, -0.25) is 0 Å². The summed E-state index contributed by atoms with van der Waals surface area (Å²) in [5.41, 5.74) is 6.13. The van der Waals surface area contributed by atoms with Gasteiger partial charge in [-0.25, -0.2) is 9.97 Å². The van der Waals surface area contributed by atoms with Crippen LogP contribution < -0.4 is 0 Å². The van der Waals surface area contributed by atoms with Crippen molar-refractivity contribution in [2.75, 3.05) is 6.61 Å². The van der Waals surface area contributed by atoms with Crippen LogP contribution in [0.5, 0.6) is 0 Å². The van der Waals surface area contributed by atoms with Gasteiger partial charge in [0.1, 0.15) is 18.7 Å². The Hall–Kier alpha value is -2.80. The van der Waals surface area contributed by atoms with E-state index in [1.165, 1.54) is 5.56 Å². The van der Waals surface area contributed by atoms with Crippen molar-refractivity contribution in [2.45, 2.75) is 45.4 Å². The van der Waals surface area contributed by atoms with Gasteiger partial charge in [0, 0.05) is 26.5 Å². The molecule has 0 amide bonds. The third kappa shape index (κ3) is 5.33. The minimum atomic E-state index is -1.16. The predicted octanol–water partition coefficient (Wildman–Crippen LogP) is 5.49. The first-order chi connectivity index (χ1) is 15.4. The molecule has 0 spiro atoms. The maximum absolute atomic E-state index is 9.41. The Kier molecular flexibility index (Phi) is 6.84. The van der Waals surface area contributed by atoms with E-state index in [1.54, 1.807) is 6.33 Å². The Balaban J connectivity index is 1.72. The number of aliphatic hydroxyl groups is 1. The average molecular weight is 446 g/mol. The van der Waals surface area contributed by atoms with Crippen molar-refractivity contribution in [1.82, 2.24) is 14.5 Å². The van der Waals surface area contributed by atoms with Gasteiger partial charge in [0.2, 0.25) is 0 Å². The summed E-state index contributed by atoms with van der Waals surface area (Å²) in [6, 6.07) is 21.7. The monoisotopic (exact) mass is 445 g/mol. The maximum atomic E-state index is 9.41. The second-order valence-electron chi connectivity index (χ2n) is 9.38. The highest BCUT2D eigenvalue weighted by atomic mass is 28.3. The lowest BCUT2D eigenvalue weighted by molar-refractivity contribution is 0.0909. The number of rotatable bonds is 9. The van der Waals surface area contributed by atoms with Gasteiger partial charge < -0.3 is 14.4 Å². The molecular weight excluding hydrogens is 414 g/mol. The maximum Gasteiger partial charge on any atom is 0.145 e. The SMILES string of the molecule is C[Si](C)(C)CCOCn1c(-c2ccc(CO)cc2)cc2c(Cc3ccccc3)ncnc21. The van der Waals surface area contributed by atoms with Gasteiger partial charge >= 0.3 is 0 Å². The zero-order valence-electron chi connectivity index (χ0n) is 19.1. The van der Waals surface area contributed by atoms with Crippen LogP contribution in [0.15, 0.2) is 67.0 Å². The Morgan fingerprint density at radius 1 is 0.938 bits per heavy atom. The molecule has 2 aromatic heterocycles. The molecule has 2 aromatic carbocycles. The van der Waals surface area contributed by atoms with Crippen LogP contribution >= 0.6 is 0 Å². The molecule has 32 heavy (non-hydrogen) atoms. The number of ether oxygens (including phenoxy) is 1. The van der Waals surface area contributed by atoms with Gasteiger partial charge in [-0.2, -0.15) is 0 Å². The van der Waals surface area contributed by atoms with Crippen molar-refractivity contribution in [1.29, 1.82) is 0 Å². The van der Waals surface area contributed by atoms with E-state index in [4.69, 9.17) is 4.74 Å². The molecule has 4 rings (SSSR count). The first-order valence-corrected chi connectivity index (χ1v) is 14.8. The van der Waals surface area contributed by atoms with Gasteiger partial charge in [0.05, 0.1) is 18.0 Å². The largest absolute Gasteiger partial charge is 0.392 e. The molecular formula is C26H31N3O2Si. The van der Waals surface area contributed by atoms with E-state index in [0.29, 0.717) is 6.73 Å². The molecule has 2 heterocycles. The number of hydrogen-bond donors (Lipinski definition) is 1. The molecule has 0 atom stereocenters. The lowest BCUT2D eigenvalue weighted by Crippen LogP contribution is -2.22. The summed E-state index contributed by atoms with van der Waals surface area (Å²) in [5.74, 6) is 0. The second-order valence-corrected chi connectivity index (χ2v) is 15.0. The van der Waals surface area contributed by atoms with E-state index in [1.807, 2.05) is 30.3 Å². The summed E-state index contributed by atoms with van der Waals surface area (Å²) in [5, 5.41) is 10.5. The lowest BCUT2D eigenvalue weighted by Gasteiger charge is -2.16. The fourth-order valence-corrected chi connectivity index (χ4v) is 4.48. The van der Waals surface area contributed by atoms with Gasteiger partial charge in [-0.1, -0.05) is 74.2 Å². The highest BCUT2D eigenvalue weighted by molar-refractivity contribution is 6.76. The Morgan fingerprint density at radius 3 is 2.38 bits per heavy atom. The van der Waals surface area contributed by atoms with E-state index in [9.17, 15) is 5.11 Å². The van der Waals surface area contributed by atoms with Crippen molar-refractivity contribution in [3.8, 4) is 11.3 Å². The number of benzene rings is 2. The minimum absolute atomic E-state index is 0.0375. The minimum Gasteiger partial charge on any atom is -0.392 e. The summed E-state index contributed by atoms with van der Waals surface area (Å²) in [4.78, 5) is 9.25. The number of aliphatic hydroxyl groups excluding tert-OH is 1. The molecule has 5 nitrogen and oxygen atoms in total. The summed E-state index contributed by atoms with van der Waals surface area (Å²) >= 11 is 0. The zero-order chi connectivity index (χ0) is 22.6. The molecule has 0 fully saturated rings. The van der Waals surface area contributed by atoms with Crippen molar-refractivity contribution < 1.29 is 9.84 Å². The summed E-state index contributed by atoms with van der Waals surface area (Å²) < 4.78 is 8.27. The molecule has 6 heteroatoms. The first-order valence-electron chi connectivity index (χ1n) is 11.1. The molecule has 1 N–H and O–H groups in total. The van der Waals surface area contributed by atoms with Crippen LogP contribution in [0.25, 0.3) is 22.3 Å². The van der Waals surface area contributed by atoms with Crippen molar-refractivity contribution in [2.24, 2.45) is 0 Å². The van der Waals surface area contributed by atoms with Crippen LogP contribution in [0.2, 0.25) is 25.7 Å². The molecule has 0 aliphatic rings. The molecule has 0 saturated heterocycles. The quantitative estimate of drug-likeness (QED) is 0.273. The molecule has 0 aliphatic heterocycles.